The number of aliphatic hydroxyl groups is 1. The van der Waals surface area contributed by atoms with Crippen LogP contribution < -0.4 is 10.2 Å². The third-order valence-corrected chi connectivity index (χ3v) is 5.87. The van der Waals surface area contributed by atoms with Crippen molar-refractivity contribution in [2.75, 3.05) is 52.1 Å². The van der Waals surface area contributed by atoms with Crippen molar-refractivity contribution in [3.63, 3.8) is 0 Å². The molecule has 1 aromatic heterocycles. The van der Waals surface area contributed by atoms with Gasteiger partial charge in [0.05, 0.1) is 12.9 Å². The van der Waals surface area contributed by atoms with Crippen LogP contribution in [0.1, 0.15) is 87.1 Å². The fourth-order valence-electron chi connectivity index (χ4n) is 4.27. The number of Topliss-reactive ketones (excluding diaryl/α,β-unsaturated/α-hetero) is 1. The third kappa shape index (κ3) is 16.1. The van der Waals surface area contributed by atoms with E-state index in [-0.39, 0.29) is 17.7 Å². The molecule has 0 aliphatic heterocycles. The summed E-state index contributed by atoms with van der Waals surface area (Å²) in [6.07, 6.45) is 3.50. The minimum Gasteiger partial charge on any atom is -0.466 e. The number of carbonyl (C=O) groups excluding carboxylic acids is 3. The molecule has 41 heavy (non-hydrogen) atoms. The number of aromatic nitrogens is 2. The second-order valence-corrected chi connectivity index (χ2v) is 9.87. The molecule has 0 spiro atoms. The van der Waals surface area contributed by atoms with E-state index in [2.05, 4.69) is 54.9 Å². The van der Waals surface area contributed by atoms with Crippen LogP contribution in [0.4, 0.5) is 17.6 Å². The Morgan fingerprint density at radius 3 is 1.98 bits per heavy atom. The number of nitrogens with zero attached hydrogens (tertiary/aromatic N) is 5. The van der Waals surface area contributed by atoms with Gasteiger partial charge >= 0.3 is 5.97 Å². The maximum Gasteiger partial charge on any atom is 0.302 e. The maximum absolute atomic E-state index is 11.3. The zero-order valence-corrected chi connectivity index (χ0v) is 28.3. The molecule has 11 nitrogen and oxygen atoms in total. The largest absolute Gasteiger partial charge is 0.466 e. The highest BCUT2D eigenvalue weighted by Gasteiger charge is 2.53. The van der Waals surface area contributed by atoms with Crippen LogP contribution in [0.25, 0.3) is 0 Å². The number of rotatable bonds is 10. The number of aliphatic imine (C=N–C) groups is 1. The first-order valence-corrected chi connectivity index (χ1v) is 14.2. The Hall–Kier alpha value is -3.08. The monoisotopic (exact) mass is 582 g/mol. The number of carbonyl (C=O) groups is 3. The Morgan fingerprint density at radius 2 is 1.61 bits per heavy atom. The molecule has 4 atom stereocenters. The Labute approximate surface area is 249 Å². The third-order valence-electron chi connectivity index (χ3n) is 5.87. The summed E-state index contributed by atoms with van der Waals surface area (Å²) in [7, 11) is 8.81. The van der Waals surface area contributed by atoms with E-state index in [1.807, 2.05) is 39.9 Å². The molecule has 11 heteroatoms. The molecule has 1 saturated carbocycles. The summed E-state index contributed by atoms with van der Waals surface area (Å²) in [5.74, 6) is 3.64. The van der Waals surface area contributed by atoms with Gasteiger partial charge in [0.2, 0.25) is 5.95 Å². The van der Waals surface area contributed by atoms with Crippen LogP contribution in [0.2, 0.25) is 0 Å². The number of aldehydes is 1. The lowest BCUT2D eigenvalue weighted by atomic mass is 9.99. The molecule has 0 radical (unpaired) electrons. The molecule has 1 aliphatic rings. The fraction of sp³-hybridized carbons (Fsp3) is 0.733. The number of anilines is 2. The van der Waals surface area contributed by atoms with Crippen LogP contribution in [-0.4, -0.2) is 92.3 Å². The van der Waals surface area contributed by atoms with Gasteiger partial charge < -0.3 is 34.5 Å². The molecule has 0 aromatic carbocycles. The number of nitrogens with one attached hydrogen (secondary N) is 1. The van der Waals surface area contributed by atoms with E-state index in [9.17, 15) is 9.59 Å². The molecule has 0 amide bonds. The zero-order chi connectivity index (χ0) is 32.9. The van der Waals surface area contributed by atoms with Crippen LogP contribution in [-0.2, 0) is 19.1 Å². The molecule has 238 valence electrons. The molecular weight excluding hydrogens is 524 g/mol. The molecule has 1 aromatic rings. The van der Waals surface area contributed by atoms with Crippen molar-refractivity contribution in [1.82, 2.24) is 14.9 Å². The fourth-order valence-corrected chi connectivity index (χ4v) is 4.27. The molecule has 1 heterocycles. The molecule has 2 rings (SSSR count). The molecule has 0 saturated heterocycles. The van der Waals surface area contributed by atoms with E-state index >= 15 is 0 Å². The van der Waals surface area contributed by atoms with Crippen molar-refractivity contribution >= 4 is 42.0 Å². The first-order chi connectivity index (χ1) is 19.3. The first kappa shape index (κ1) is 42.4. The van der Waals surface area contributed by atoms with E-state index in [0.717, 1.165) is 31.2 Å². The Balaban J connectivity index is -0.00000114. The van der Waals surface area contributed by atoms with Gasteiger partial charge in [-0.3, -0.25) is 4.79 Å². The van der Waals surface area contributed by atoms with E-state index < -0.39 is 0 Å². The molecule has 1 aliphatic carbocycles. The van der Waals surface area contributed by atoms with Crippen LogP contribution in [0.15, 0.2) is 4.99 Å². The van der Waals surface area contributed by atoms with Gasteiger partial charge in [-0.1, -0.05) is 41.5 Å². The number of esters is 1. The summed E-state index contributed by atoms with van der Waals surface area (Å²) in [5.41, 5.74) is 1.04. The first-order valence-electron chi connectivity index (χ1n) is 14.2. The molecule has 0 bridgehead atoms. The Kier molecular flexibility index (Phi) is 24.4. The predicted molar refractivity (Wildman–Crippen MR) is 170 cm³/mol. The quantitative estimate of drug-likeness (QED) is 0.168. The summed E-state index contributed by atoms with van der Waals surface area (Å²) >= 11 is 0. The van der Waals surface area contributed by atoms with Gasteiger partial charge in [0, 0.05) is 53.8 Å². The average Bonchev–Trinajstić information content (AvgIpc) is 3.58. The lowest BCUT2D eigenvalue weighted by Gasteiger charge is -2.26. The standard InChI is InChI=1S/C22H38N6O2.C3H6O.C2H4O.C2H6.CH4O/c1-10-16(11-30-15(5)29)18-14(4)19(18)28(9)21-17(13(2)3)20(24-12-27(7)8)25-22(23-6)26-21;1-3(2)4;1-2-3;2*1-2/h12-14,16,18-19H,10-11H2,1-9H3,(H,23,25,26);1-2H3;2H,1H3;1-2H3;2H,1H3/b24-12+;;;;. The molecule has 2 N–H and O–H groups in total. The molecule has 4 unspecified atom stereocenters. The average molecular weight is 583 g/mol. The van der Waals surface area contributed by atoms with Crippen molar-refractivity contribution in [3.8, 4) is 0 Å². The van der Waals surface area contributed by atoms with Crippen LogP contribution in [0, 0.1) is 17.8 Å². The van der Waals surface area contributed by atoms with Crippen molar-refractivity contribution in [2.45, 2.75) is 87.6 Å². The normalized spacial score (nSPS) is 17.0. The highest BCUT2D eigenvalue weighted by Crippen LogP contribution is 2.51. The van der Waals surface area contributed by atoms with Gasteiger partial charge in [-0.15, -0.1) is 0 Å². The summed E-state index contributed by atoms with van der Waals surface area (Å²) in [6.45, 7) is 19.2. The van der Waals surface area contributed by atoms with Crippen molar-refractivity contribution in [3.05, 3.63) is 5.56 Å². The summed E-state index contributed by atoms with van der Waals surface area (Å²) in [4.78, 5) is 47.8. The summed E-state index contributed by atoms with van der Waals surface area (Å²) in [6, 6.07) is 0.341. The minimum absolute atomic E-state index is 0.167. The maximum atomic E-state index is 11.3. The Morgan fingerprint density at radius 1 is 1.12 bits per heavy atom. The smallest absolute Gasteiger partial charge is 0.302 e. The predicted octanol–water partition coefficient (Wildman–Crippen LogP) is 4.96. The molecule has 1 fully saturated rings. The number of ketones is 1. The second-order valence-electron chi connectivity index (χ2n) is 9.87. The van der Waals surface area contributed by atoms with E-state index in [1.165, 1.54) is 27.7 Å². The Bertz CT molecular complexity index is 904. The lowest BCUT2D eigenvalue weighted by Crippen LogP contribution is -2.28. The van der Waals surface area contributed by atoms with Crippen molar-refractivity contribution in [2.24, 2.45) is 22.7 Å². The number of aliphatic hydroxyl groups excluding tert-OH is 1. The zero-order valence-electron chi connectivity index (χ0n) is 28.3. The SMILES string of the molecule is CC.CC(C)=O.CC=O.CCC(COC(C)=O)C1C(C)C1N(C)c1nc(NC)nc(/N=C/N(C)C)c1C(C)C.CO. The van der Waals surface area contributed by atoms with E-state index in [4.69, 9.17) is 19.6 Å². The van der Waals surface area contributed by atoms with Crippen LogP contribution in [0.5, 0.6) is 0 Å². The summed E-state index contributed by atoms with van der Waals surface area (Å²) < 4.78 is 5.33. The lowest BCUT2D eigenvalue weighted by molar-refractivity contribution is -0.142. The van der Waals surface area contributed by atoms with Gasteiger partial charge in [0.1, 0.15) is 17.9 Å². The van der Waals surface area contributed by atoms with Crippen molar-refractivity contribution in [1.29, 1.82) is 0 Å². The van der Waals surface area contributed by atoms with Crippen molar-refractivity contribution < 1.29 is 24.2 Å². The van der Waals surface area contributed by atoms with Gasteiger partial charge in [-0.2, -0.15) is 9.97 Å². The highest BCUT2D eigenvalue weighted by atomic mass is 16.5. The topological polar surface area (TPSA) is 137 Å². The highest BCUT2D eigenvalue weighted by molar-refractivity contribution is 5.72. The summed E-state index contributed by atoms with van der Waals surface area (Å²) in [5, 5.41) is 10.1. The van der Waals surface area contributed by atoms with Gasteiger partial charge in [0.15, 0.2) is 5.82 Å². The van der Waals surface area contributed by atoms with Crippen LogP contribution in [0.3, 0.4) is 0 Å². The van der Waals surface area contributed by atoms with Gasteiger partial charge in [0.25, 0.3) is 0 Å². The van der Waals surface area contributed by atoms with Gasteiger partial charge in [-0.05, 0) is 50.9 Å². The van der Waals surface area contributed by atoms with E-state index in [1.54, 1.807) is 6.34 Å². The number of hydrogen-bond acceptors (Lipinski definition) is 10. The number of hydrogen-bond donors (Lipinski definition) is 2. The van der Waals surface area contributed by atoms with Gasteiger partial charge in [-0.25, -0.2) is 4.99 Å². The second kappa shape index (κ2) is 23.6. The molecular formula is C30H58N6O5. The minimum atomic E-state index is -0.216. The van der Waals surface area contributed by atoms with E-state index in [0.29, 0.717) is 42.2 Å². The number of ether oxygens (including phenoxy) is 1. The van der Waals surface area contributed by atoms with Crippen LogP contribution >= 0.6 is 0 Å².